The third kappa shape index (κ3) is 5.21. The van der Waals surface area contributed by atoms with E-state index in [1.54, 1.807) is 7.05 Å². The summed E-state index contributed by atoms with van der Waals surface area (Å²) in [5.74, 6) is 1.77. The van der Waals surface area contributed by atoms with Gasteiger partial charge in [0.15, 0.2) is 5.96 Å². The Balaban J connectivity index is 0.00000261. The second kappa shape index (κ2) is 9.72. The van der Waals surface area contributed by atoms with Gasteiger partial charge in [0.2, 0.25) is 0 Å². The first kappa shape index (κ1) is 21.2. The van der Waals surface area contributed by atoms with Crippen LogP contribution < -0.4 is 10.6 Å². The molecular weight excluding hydrogens is 453 g/mol. The molecule has 3 aromatic rings. The third-order valence-corrected chi connectivity index (χ3v) is 4.46. The summed E-state index contributed by atoms with van der Waals surface area (Å²) in [5, 5.41) is 11.2. The molecule has 0 atom stereocenters. The van der Waals surface area contributed by atoms with Crippen LogP contribution in [-0.4, -0.2) is 38.9 Å². The van der Waals surface area contributed by atoms with Crippen LogP contribution in [0.3, 0.4) is 0 Å². The highest BCUT2D eigenvalue weighted by Gasteiger charge is 2.07. The topological polar surface area (TPSA) is 72.1 Å². The van der Waals surface area contributed by atoms with E-state index in [2.05, 4.69) is 49.3 Å². The predicted molar refractivity (Wildman–Crippen MR) is 121 cm³/mol. The number of nitrogens with zero attached hydrogens (tertiary/aromatic N) is 5. The molecule has 0 aliphatic carbocycles. The molecule has 0 unspecified atom stereocenters. The number of aromatic nitrogens is 4. The van der Waals surface area contributed by atoms with Crippen LogP contribution in [0.15, 0.2) is 35.3 Å². The SMILES string of the molecule is CN=C(NCCCn1nc(C)cc1C)NCc1nc2ccccc2n1C.I. The van der Waals surface area contributed by atoms with Gasteiger partial charge in [-0.3, -0.25) is 9.67 Å². The first-order chi connectivity index (χ1) is 12.6. The molecule has 0 aliphatic heterocycles. The van der Waals surface area contributed by atoms with Gasteiger partial charge in [0.05, 0.1) is 23.3 Å². The third-order valence-electron chi connectivity index (χ3n) is 4.46. The number of rotatable bonds is 6. The molecule has 2 aromatic heterocycles. The molecule has 0 saturated carbocycles. The number of guanidine groups is 1. The van der Waals surface area contributed by atoms with E-state index in [4.69, 9.17) is 0 Å². The lowest BCUT2D eigenvalue weighted by atomic mass is 10.3. The molecule has 146 valence electrons. The Kier molecular flexibility index (Phi) is 7.64. The number of imidazole rings is 1. The molecule has 0 saturated heterocycles. The molecule has 0 spiro atoms. The maximum atomic E-state index is 4.67. The number of aliphatic imine (C=N–C) groups is 1. The summed E-state index contributed by atoms with van der Waals surface area (Å²) >= 11 is 0. The van der Waals surface area contributed by atoms with Gasteiger partial charge >= 0.3 is 0 Å². The highest BCUT2D eigenvalue weighted by atomic mass is 127. The number of para-hydroxylation sites is 2. The Hall–Kier alpha value is -2.10. The summed E-state index contributed by atoms with van der Waals surface area (Å²) in [6, 6.07) is 10.3. The van der Waals surface area contributed by atoms with E-state index in [-0.39, 0.29) is 24.0 Å². The first-order valence-corrected chi connectivity index (χ1v) is 8.94. The molecule has 27 heavy (non-hydrogen) atoms. The number of fused-ring (bicyclic) bond motifs is 1. The minimum Gasteiger partial charge on any atom is -0.356 e. The molecule has 8 heteroatoms. The van der Waals surface area contributed by atoms with Gasteiger partial charge in [0, 0.05) is 32.9 Å². The Bertz CT molecular complexity index is 910. The Morgan fingerprint density at radius 2 is 1.96 bits per heavy atom. The number of nitrogens with one attached hydrogen (secondary N) is 2. The second-order valence-corrected chi connectivity index (χ2v) is 6.43. The van der Waals surface area contributed by atoms with Gasteiger partial charge in [0.1, 0.15) is 5.82 Å². The smallest absolute Gasteiger partial charge is 0.191 e. The Morgan fingerprint density at radius 3 is 2.63 bits per heavy atom. The normalized spacial score (nSPS) is 11.5. The summed E-state index contributed by atoms with van der Waals surface area (Å²) < 4.78 is 4.16. The fourth-order valence-electron chi connectivity index (χ4n) is 3.07. The molecule has 7 nitrogen and oxygen atoms in total. The zero-order valence-electron chi connectivity index (χ0n) is 16.4. The predicted octanol–water partition coefficient (Wildman–Crippen LogP) is 2.76. The van der Waals surface area contributed by atoms with Gasteiger partial charge in [-0.25, -0.2) is 4.98 Å². The summed E-state index contributed by atoms with van der Waals surface area (Å²) in [4.78, 5) is 8.96. The number of hydrogen-bond acceptors (Lipinski definition) is 3. The lowest BCUT2D eigenvalue weighted by Gasteiger charge is -2.12. The molecule has 0 fully saturated rings. The van der Waals surface area contributed by atoms with E-state index in [1.165, 1.54) is 5.69 Å². The molecule has 0 radical (unpaired) electrons. The number of hydrogen-bond donors (Lipinski definition) is 2. The van der Waals surface area contributed by atoms with E-state index in [0.29, 0.717) is 6.54 Å². The molecule has 2 N–H and O–H groups in total. The Labute approximate surface area is 177 Å². The van der Waals surface area contributed by atoms with Crippen molar-refractivity contribution in [1.82, 2.24) is 30.0 Å². The van der Waals surface area contributed by atoms with E-state index >= 15 is 0 Å². The fraction of sp³-hybridized carbons (Fsp3) is 0.421. The summed E-state index contributed by atoms with van der Waals surface area (Å²) in [6.45, 7) is 6.47. The van der Waals surface area contributed by atoms with Gasteiger partial charge in [0.25, 0.3) is 0 Å². The lowest BCUT2D eigenvalue weighted by molar-refractivity contribution is 0.555. The van der Waals surface area contributed by atoms with Crippen molar-refractivity contribution in [2.45, 2.75) is 33.4 Å². The maximum absolute atomic E-state index is 4.67. The maximum Gasteiger partial charge on any atom is 0.191 e. The molecule has 0 bridgehead atoms. The van der Waals surface area contributed by atoms with E-state index in [0.717, 1.165) is 48.0 Å². The van der Waals surface area contributed by atoms with Crippen LogP contribution in [0.5, 0.6) is 0 Å². The summed E-state index contributed by atoms with van der Waals surface area (Å²) in [7, 11) is 3.82. The highest BCUT2D eigenvalue weighted by molar-refractivity contribution is 14.0. The minimum absolute atomic E-state index is 0. The second-order valence-electron chi connectivity index (χ2n) is 6.43. The largest absolute Gasteiger partial charge is 0.356 e. The van der Waals surface area contributed by atoms with Crippen molar-refractivity contribution in [3.8, 4) is 0 Å². The molecule has 0 aliphatic rings. The van der Waals surface area contributed by atoms with Crippen LogP contribution in [0.2, 0.25) is 0 Å². The molecule has 2 heterocycles. The van der Waals surface area contributed by atoms with Crippen LogP contribution in [0.1, 0.15) is 23.6 Å². The highest BCUT2D eigenvalue weighted by Crippen LogP contribution is 2.13. The van der Waals surface area contributed by atoms with Crippen LogP contribution in [0, 0.1) is 13.8 Å². The average molecular weight is 481 g/mol. The van der Waals surface area contributed by atoms with Crippen LogP contribution in [0.25, 0.3) is 11.0 Å². The summed E-state index contributed by atoms with van der Waals surface area (Å²) in [5.41, 5.74) is 4.42. The van der Waals surface area contributed by atoms with Crippen molar-refractivity contribution in [3.05, 3.63) is 47.5 Å². The minimum atomic E-state index is 0. The Morgan fingerprint density at radius 1 is 1.19 bits per heavy atom. The van der Waals surface area contributed by atoms with Crippen LogP contribution in [0.4, 0.5) is 0 Å². The van der Waals surface area contributed by atoms with Gasteiger partial charge in [-0.1, -0.05) is 12.1 Å². The fourth-order valence-corrected chi connectivity index (χ4v) is 3.07. The first-order valence-electron chi connectivity index (χ1n) is 8.94. The van der Waals surface area contributed by atoms with Crippen molar-refractivity contribution in [3.63, 3.8) is 0 Å². The number of benzene rings is 1. The number of halogens is 1. The molecule has 0 amide bonds. The van der Waals surface area contributed by atoms with E-state index in [1.807, 2.05) is 36.9 Å². The number of aryl methyl sites for hydroxylation is 4. The lowest BCUT2D eigenvalue weighted by Crippen LogP contribution is -2.38. The van der Waals surface area contributed by atoms with Crippen molar-refractivity contribution < 1.29 is 0 Å². The standard InChI is InChI=1S/C19H27N7.HI/c1-14-12-15(2)26(24-14)11-7-10-21-19(20-3)22-13-18-23-16-8-5-6-9-17(16)25(18)4;/h5-6,8-9,12H,7,10-11,13H2,1-4H3,(H2,20,21,22);1H. The van der Waals surface area contributed by atoms with E-state index in [9.17, 15) is 0 Å². The van der Waals surface area contributed by atoms with Crippen LogP contribution in [-0.2, 0) is 20.1 Å². The van der Waals surface area contributed by atoms with Gasteiger partial charge < -0.3 is 15.2 Å². The van der Waals surface area contributed by atoms with Gasteiger partial charge in [-0.2, -0.15) is 5.10 Å². The molecule has 3 rings (SSSR count). The van der Waals surface area contributed by atoms with Crippen molar-refractivity contribution in [2.75, 3.05) is 13.6 Å². The average Bonchev–Trinajstić information content (AvgIpc) is 3.13. The zero-order chi connectivity index (χ0) is 18.5. The summed E-state index contributed by atoms with van der Waals surface area (Å²) in [6.07, 6.45) is 0.981. The van der Waals surface area contributed by atoms with Crippen molar-refractivity contribution in [2.24, 2.45) is 12.0 Å². The molecule has 1 aromatic carbocycles. The molecular formula is C19H28IN7. The quantitative estimate of drug-likeness (QED) is 0.246. The van der Waals surface area contributed by atoms with Crippen LogP contribution >= 0.6 is 24.0 Å². The van der Waals surface area contributed by atoms with Gasteiger partial charge in [-0.15, -0.1) is 24.0 Å². The van der Waals surface area contributed by atoms with Crippen molar-refractivity contribution >= 4 is 41.0 Å². The van der Waals surface area contributed by atoms with Crippen molar-refractivity contribution in [1.29, 1.82) is 0 Å². The zero-order valence-corrected chi connectivity index (χ0v) is 18.7. The van der Waals surface area contributed by atoms with E-state index < -0.39 is 0 Å². The van der Waals surface area contributed by atoms with Gasteiger partial charge in [-0.05, 0) is 38.5 Å². The monoisotopic (exact) mass is 481 g/mol.